The molecule has 1 aromatic carbocycles. The summed E-state index contributed by atoms with van der Waals surface area (Å²) in [6.45, 7) is 4.11. The van der Waals surface area contributed by atoms with Gasteiger partial charge in [-0.2, -0.15) is 8.42 Å². The number of halogens is 1. The second-order valence-corrected chi connectivity index (χ2v) is 9.08. The molecule has 0 saturated carbocycles. The second kappa shape index (κ2) is 9.24. The summed E-state index contributed by atoms with van der Waals surface area (Å²) < 4.78 is 28.2. The van der Waals surface area contributed by atoms with E-state index in [1.54, 1.807) is 24.3 Å². The number of amides is 1. The predicted octanol–water partition coefficient (Wildman–Crippen LogP) is 1.86. The van der Waals surface area contributed by atoms with Crippen LogP contribution >= 0.6 is 12.4 Å². The number of fused-ring (bicyclic) bond motifs is 1. The summed E-state index contributed by atoms with van der Waals surface area (Å²) in [7, 11) is -1.80. The van der Waals surface area contributed by atoms with Crippen molar-refractivity contribution in [2.45, 2.75) is 43.5 Å². The quantitative estimate of drug-likeness (QED) is 0.772. The van der Waals surface area contributed by atoms with E-state index in [1.807, 2.05) is 23.8 Å². The summed E-state index contributed by atoms with van der Waals surface area (Å²) in [4.78, 5) is 16.5. The van der Waals surface area contributed by atoms with Crippen LogP contribution in [0.5, 0.6) is 0 Å². The number of carbonyl (C=O) groups is 1. The molecule has 2 N–H and O–H groups in total. The van der Waals surface area contributed by atoms with Crippen LogP contribution in [0.3, 0.4) is 0 Å². The lowest BCUT2D eigenvalue weighted by atomic mass is 9.92. The van der Waals surface area contributed by atoms with Crippen LogP contribution in [0.4, 0.5) is 0 Å². The van der Waals surface area contributed by atoms with E-state index >= 15 is 0 Å². The molecule has 7 nitrogen and oxygen atoms in total. The molecule has 2 heterocycles. The summed E-state index contributed by atoms with van der Waals surface area (Å²) in [5.74, 6) is 0.975. The molecule has 9 heteroatoms. The minimum atomic E-state index is -3.61. The van der Waals surface area contributed by atoms with Gasteiger partial charge in [-0.15, -0.1) is 16.8 Å². The third kappa shape index (κ3) is 4.85. The van der Waals surface area contributed by atoms with E-state index in [1.165, 1.54) is 0 Å². The summed E-state index contributed by atoms with van der Waals surface area (Å²) in [6.07, 6.45) is 3.18. The fourth-order valence-electron chi connectivity index (χ4n) is 3.76. The molecule has 1 amide bonds. The molecule has 0 aromatic heterocycles. The van der Waals surface area contributed by atoms with Crippen molar-refractivity contribution in [1.82, 2.24) is 9.80 Å². The first-order valence-electron chi connectivity index (χ1n) is 9.48. The van der Waals surface area contributed by atoms with Crippen molar-refractivity contribution in [3.05, 3.63) is 29.8 Å². The lowest BCUT2D eigenvalue weighted by Crippen LogP contribution is -2.45. The topological polar surface area (TPSA) is 96.1 Å². The van der Waals surface area contributed by atoms with Crippen LogP contribution in [0, 0.1) is 5.92 Å². The first-order valence-corrected chi connectivity index (χ1v) is 10.9. The van der Waals surface area contributed by atoms with Crippen LogP contribution in [0.2, 0.25) is 0 Å². The molecule has 1 saturated heterocycles. The average Bonchev–Trinajstić information content (AvgIpc) is 2.93. The molecule has 0 aliphatic carbocycles. The van der Waals surface area contributed by atoms with Gasteiger partial charge in [0.25, 0.3) is 10.0 Å². The highest BCUT2D eigenvalue weighted by Crippen LogP contribution is 2.27. The minimum Gasteiger partial charge on any atom is -0.358 e. The van der Waals surface area contributed by atoms with Crippen LogP contribution in [0.15, 0.2) is 33.6 Å². The molecule has 1 fully saturated rings. The number of rotatable bonds is 5. The monoisotopic (exact) mass is 428 g/mol. The van der Waals surface area contributed by atoms with Gasteiger partial charge in [0, 0.05) is 44.7 Å². The number of nitrogens with two attached hydrogens (primary N) is 1. The lowest BCUT2D eigenvalue weighted by Gasteiger charge is -2.34. The first-order chi connectivity index (χ1) is 12.8. The number of piperidine rings is 1. The van der Waals surface area contributed by atoms with Gasteiger partial charge < -0.3 is 15.5 Å². The number of likely N-dealkylation sites (tertiary alicyclic amines) is 1. The second-order valence-electron chi connectivity index (χ2n) is 7.51. The fourth-order valence-corrected chi connectivity index (χ4v) is 5.01. The maximum absolute atomic E-state index is 12.5. The SMILES string of the molecule is CC(N)C1CCCN(C(=O)CCCN(C)C2=NS(=O)(=O)c3ccccc32)C1.Cl. The summed E-state index contributed by atoms with van der Waals surface area (Å²) in [5.41, 5.74) is 6.62. The Labute approximate surface area is 173 Å². The molecule has 28 heavy (non-hydrogen) atoms. The highest BCUT2D eigenvalue weighted by atomic mass is 35.5. The third-order valence-electron chi connectivity index (χ3n) is 5.41. The Kier molecular flexibility index (Phi) is 7.47. The van der Waals surface area contributed by atoms with Crippen molar-refractivity contribution < 1.29 is 13.2 Å². The van der Waals surface area contributed by atoms with Crippen LogP contribution in [0.25, 0.3) is 0 Å². The summed E-state index contributed by atoms with van der Waals surface area (Å²) >= 11 is 0. The van der Waals surface area contributed by atoms with Gasteiger partial charge in [0.2, 0.25) is 5.91 Å². The predicted molar refractivity (Wildman–Crippen MR) is 112 cm³/mol. The molecule has 156 valence electrons. The van der Waals surface area contributed by atoms with Gasteiger partial charge in [-0.25, -0.2) is 0 Å². The van der Waals surface area contributed by atoms with Crippen molar-refractivity contribution in [3.63, 3.8) is 0 Å². The van der Waals surface area contributed by atoms with Gasteiger partial charge in [0.05, 0.1) is 0 Å². The van der Waals surface area contributed by atoms with Gasteiger partial charge in [-0.1, -0.05) is 12.1 Å². The molecule has 2 unspecified atom stereocenters. The van der Waals surface area contributed by atoms with Crippen molar-refractivity contribution in [2.75, 3.05) is 26.7 Å². The van der Waals surface area contributed by atoms with Crippen LogP contribution in [0.1, 0.15) is 38.2 Å². The molecule has 2 aliphatic heterocycles. The molecule has 1 aromatic rings. The Bertz CT molecular complexity index is 841. The van der Waals surface area contributed by atoms with E-state index in [-0.39, 0.29) is 29.3 Å². The van der Waals surface area contributed by atoms with E-state index in [0.717, 1.165) is 25.9 Å². The molecule has 0 bridgehead atoms. The van der Waals surface area contributed by atoms with Crippen LogP contribution < -0.4 is 5.73 Å². The Balaban J connectivity index is 0.00000280. The van der Waals surface area contributed by atoms with Crippen molar-refractivity contribution in [2.24, 2.45) is 16.0 Å². The fraction of sp³-hybridized carbons (Fsp3) is 0.579. The smallest absolute Gasteiger partial charge is 0.285 e. The van der Waals surface area contributed by atoms with E-state index in [0.29, 0.717) is 36.7 Å². The first kappa shape index (κ1) is 22.6. The summed E-state index contributed by atoms with van der Waals surface area (Å²) in [6, 6.07) is 6.94. The van der Waals surface area contributed by atoms with Crippen molar-refractivity contribution in [1.29, 1.82) is 0 Å². The molecule has 3 rings (SSSR count). The maximum atomic E-state index is 12.5. The zero-order valence-corrected chi connectivity index (χ0v) is 18.0. The third-order valence-corrected chi connectivity index (χ3v) is 6.74. The zero-order chi connectivity index (χ0) is 19.6. The van der Waals surface area contributed by atoms with Crippen molar-refractivity contribution >= 4 is 34.2 Å². The molecule has 2 atom stereocenters. The molecular weight excluding hydrogens is 400 g/mol. The van der Waals surface area contributed by atoms with E-state index in [9.17, 15) is 13.2 Å². The highest BCUT2D eigenvalue weighted by Gasteiger charge is 2.30. The zero-order valence-electron chi connectivity index (χ0n) is 16.4. The Hall–Kier alpha value is -1.64. The number of hydrogen-bond acceptors (Lipinski definition) is 5. The number of carbonyl (C=O) groups excluding carboxylic acids is 1. The van der Waals surface area contributed by atoms with E-state index in [2.05, 4.69) is 4.40 Å². The normalized spacial score (nSPS) is 21.3. The standard InChI is InChI=1S/C19H28N4O3S.ClH/c1-14(20)15-7-5-12-23(13-15)18(24)10-6-11-22(2)19-16-8-3-4-9-17(16)27(25,26)21-19;/h3-4,8-9,14-15H,5-7,10-13,20H2,1-2H3;1H. The highest BCUT2D eigenvalue weighted by molar-refractivity contribution is 7.90. The molecule has 2 aliphatic rings. The average molecular weight is 429 g/mol. The molecule has 0 radical (unpaired) electrons. The maximum Gasteiger partial charge on any atom is 0.285 e. The largest absolute Gasteiger partial charge is 0.358 e. The van der Waals surface area contributed by atoms with Gasteiger partial charge in [-0.05, 0) is 44.2 Å². The minimum absolute atomic E-state index is 0. The van der Waals surface area contributed by atoms with Gasteiger partial charge in [0.1, 0.15) is 10.7 Å². The van der Waals surface area contributed by atoms with Crippen LogP contribution in [-0.4, -0.2) is 62.7 Å². The number of hydrogen-bond donors (Lipinski definition) is 1. The van der Waals surface area contributed by atoms with Gasteiger partial charge >= 0.3 is 0 Å². The number of sulfonamides is 1. The molecule has 0 spiro atoms. The van der Waals surface area contributed by atoms with E-state index in [4.69, 9.17) is 5.73 Å². The van der Waals surface area contributed by atoms with Gasteiger partial charge in [-0.3, -0.25) is 4.79 Å². The van der Waals surface area contributed by atoms with Crippen molar-refractivity contribution in [3.8, 4) is 0 Å². The number of amidine groups is 1. The lowest BCUT2D eigenvalue weighted by molar-refractivity contribution is -0.133. The van der Waals surface area contributed by atoms with Crippen LogP contribution in [-0.2, 0) is 14.8 Å². The Morgan fingerprint density at radius 2 is 2.11 bits per heavy atom. The van der Waals surface area contributed by atoms with E-state index < -0.39 is 10.0 Å². The number of benzene rings is 1. The Morgan fingerprint density at radius 3 is 2.82 bits per heavy atom. The Morgan fingerprint density at radius 1 is 1.39 bits per heavy atom. The number of nitrogens with zero attached hydrogens (tertiary/aromatic N) is 3. The molecular formula is C19H29ClN4O3S. The van der Waals surface area contributed by atoms with Gasteiger partial charge in [0.15, 0.2) is 0 Å². The summed E-state index contributed by atoms with van der Waals surface area (Å²) in [5, 5.41) is 0.